The zero-order valence-corrected chi connectivity index (χ0v) is 18.5. The van der Waals surface area contributed by atoms with Gasteiger partial charge in [0.2, 0.25) is 5.91 Å². The van der Waals surface area contributed by atoms with E-state index in [4.69, 9.17) is 5.73 Å². The van der Waals surface area contributed by atoms with Gasteiger partial charge >= 0.3 is 0 Å². The summed E-state index contributed by atoms with van der Waals surface area (Å²) >= 11 is 0. The number of anilines is 5. The standard InChI is InChI=1S/C25H25N7O2/c26-23(33)16-5-4-6-18(13-16)29-21-14-20-22(25(34)28-15-27-20)24(31-21)30-17-7-9-19(10-8-17)32-11-2-1-3-12-32/h4-10,13-15H,1-3,11-12H2,(H2,26,33)(H,27,28,34)(H2,29,30,31). The molecule has 0 saturated carbocycles. The SMILES string of the molecule is NC(=O)c1cccc(Nc2cc3nc[nH]c(=O)c3c(Nc3ccc(N4CCCCC4)cc3)n2)c1. The Morgan fingerprint density at radius 1 is 0.971 bits per heavy atom. The normalized spacial score (nSPS) is 13.6. The third kappa shape index (κ3) is 4.54. The van der Waals surface area contributed by atoms with Crippen molar-refractivity contribution < 1.29 is 4.79 Å². The van der Waals surface area contributed by atoms with E-state index in [-0.39, 0.29) is 5.56 Å². The number of H-pyrrole nitrogens is 1. The summed E-state index contributed by atoms with van der Waals surface area (Å²) in [6.45, 7) is 2.15. The van der Waals surface area contributed by atoms with E-state index in [0.717, 1.165) is 18.8 Å². The first-order valence-corrected chi connectivity index (χ1v) is 11.2. The number of fused-ring (bicyclic) bond motifs is 1. The molecule has 0 aliphatic carbocycles. The van der Waals surface area contributed by atoms with Crippen molar-refractivity contribution in [2.24, 2.45) is 5.73 Å². The Morgan fingerprint density at radius 2 is 1.76 bits per heavy atom. The number of aromatic amines is 1. The highest BCUT2D eigenvalue weighted by Gasteiger charge is 2.14. The Hall–Kier alpha value is -4.40. The van der Waals surface area contributed by atoms with Gasteiger partial charge in [0.05, 0.1) is 11.8 Å². The van der Waals surface area contributed by atoms with Crippen LogP contribution in [0.25, 0.3) is 10.9 Å². The molecule has 2 aromatic carbocycles. The Bertz CT molecular complexity index is 1390. The molecule has 0 atom stereocenters. The number of hydrogen-bond acceptors (Lipinski definition) is 7. The van der Waals surface area contributed by atoms with Crippen LogP contribution in [-0.2, 0) is 0 Å². The summed E-state index contributed by atoms with van der Waals surface area (Å²) < 4.78 is 0. The van der Waals surface area contributed by atoms with Gasteiger partial charge in [-0.05, 0) is 61.7 Å². The van der Waals surface area contributed by atoms with Gasteiger partial charge in [0.15, 0.2) is 0 Å². The third-order valence-electron chi connectivity index (χ3n) is 5.90. The maximum absolute atomic E-state index is 12.6. The lowest BCUT2D eigenvalue weighted by atomic mass is 10.1. The van der Waals surface area contributed by atoms with Gasteiger partial charge in [-0.1, -0.05) is 6.07 Å². The molecule has 9 nitrogen and oxygen atoms in total. The number of benzene rings is 2. The van der Waals surface area contributed by atoms with E-state index in [1.54, 1.807) is 30.3 Å². The van der Waals surface area contributed by atoms with Crippen LogP contribution >= 0.6 is 0 Å². The quantitative estimate of drug-likeness (QED) is 0.347. The zero-order valence-electron chi connectivity index (χ0n) is 18.5. The molecule has 1 aliphatic heterocycles. The number of nitrogens with zero attached hydrogens (tertiary/aromatic N) is 3. The molecular formula is C25H25N7O2. The molecule has 5 N–H and O–H groups in total. The number of amides is 1. The summed E-state index contributed by atoms with van der Waals surface area (Å²) in [4.78, 5) is 38.1. The number of nitrogens with one attached hydrogen (secondary N) is 3. The van der Waals surface area contributed by atoms with Crippen LogP contribution in [0.5, 0.6) is 0 Å². The van der Waals surface area contributed by atoms with E-state index in [9.17, 15) is 9.59 Å². The second-order valence-corrected chi connectivity index (χ2v) is 8.27. The Morgan fingerprint density at radius 3 is 2.53 bits per heavy atom. The fraction of sp³-hybridized carbons (Fsp3) is 0.200. The summed E-state index contributed by atoms with van der Waals surface area (Å²) in [7, 11) is 0. The number of aromatic nitrogens is 3. The van der Waals surface area contributed by atoms with Crippen molar-refractivity contribution in [3.8, 4) is 0 Å². The number of hydrogen-bond donors (Lipinski definition) is 4. The van der Waals surface area contributed by atoms with Crippen molar-refractivity contribution in [3.05, 3.63) is 76.8 Å². The van der Waals surface area contributed by atoms with Gasteiger partial charge in [0, 0.05) is 41.8 Å². The number of carbonyl (C=O) groups excluding carboxylic acids is 1. The van der Waals surface area contributed by atoms with Gasteiger partial charge in [-0.25, -0.2) is 9.97 Å². The van der Waals surface area contributed by atoms with Crippen LogP contribution in [0.2, 0.25) is 0 Å². The molecule has 2 aromatic heterocycles. The molecular weight excluding hydrogens is 430 g/mol. The van der Waals surface area contributed by atoms with Crippen molar-refractivity contribution >= 4 is 45.5 Å². The highest BCUT2D eigenvalue weighted by atomic mass is 16.1. The number of piperidine rings is 1. The monoisotopic (exact) mass is 455 g/mol. The summed E-state index contributed by atoms with van der Waals surface area (Å²) in [6, 6.07) is 16.6. The lowest BCUT2D eigenvalue weighted by Crippen LogP contribution is -2.29. The second-order valence-electron chi connectivity index (χ2n) is 8.27. The van der Waals surface area contributed by atoms with Crippen molar-refractivity contribution in [2.45, 2.75) is 19.3 Å². The van der Waals surface area contributed by atoms with Crippen LogP contribution in [0.4, 0.5) is 28.7 Å². The molecule has 1 fully saturated rings. The minimum atomic E-state index is -0.515. The van der Waals surface area contributed by atoms with Gasteiger partial charge in [-0.2, -0.15) is 0 Å². The lowest BCUT2D eigenvalue weighted by molar-refractivity contribution is 0.100. The van der Waals surface area contributed by atoms with E-state index in [1.165, 1.54) is 31.3 Å². The average Bonchev–Trinajstić information content (AvgIpc) is 2.85. The minimum absolute atomic E-state index is 0.285. The maximum atomic E-state index is 12.6. The highest BCUT2D eigenvalue weighted by molar-refractivity contribution is 5.94. The summed E-state index contributed by atoms with van der Waals surface area (Å²) in [5, 5.41) is 6.80. The third-order valence-corrected chi connectivity index (χ3v) is 5.90. The molecule has 1 amide bonds. The first-order valence-electron chi connectivity index (χ1n) is 11.2. The van der Waals surface area contributed by atoms with Crippen LogP contribution in [-0.4, -0.2) is 33.9 Å². The second kappa shape index (κ2) is 9.22. The topological polar surface area (TPSA) is 129 Å². The number of nitrogens with two attached hydrogens (primary N) is 1. The van der Waals surface area contributed by atoms with Crippen LogP contribution in [0, 0.1) is 0 Å². The Labute approximate surface area is 196 Å². The average molecular weight is 456 g/mol. The van der Waals surface area contributed by atoms with Gasteiger partial charge in [0.1, 0.15) is 17.0 Å². The van der Waals surface area contributed by atoms with E-state index in [0.29, 0.717) is 33.8 Å². The van der Waals surface area contributed by atoms with Crippen LogP contribution in [0.3, 0.4) is 0 Å². The van der Waals surface area contributed by atoms with Crippen molar-refractivity contribution in [3.63, 3.8) is 0 Å². The van der Waals surface area contributed by atoms with E-state index >= 15 is 0 Å². The Kier molecular flexibility index (Phi) is 5.82. The van der Waals surface area contributed by atoms with E-state index in [1.807, 2.05) is 12.1 Å². The molecule has 4 aromatic rings. The largest absolute Gasteiger partial charge is 0.372 e. The van der Waals surface area contributed by atoms with Crippen LogP contribution in [0.1, 0.15) is 29.6 Å². The maximum Gasteiger partial charge on any atom is 0.262 e. The number of pyridine rings is 1. The summed E-state index contributed by atoms with van der Waals surface area (Å²) in [6.07, 6.45) is 5.08. The summed E-state index contributed by atoms with van der Waals surface area (Å²) in [5.74, 6) is 0.337. The van der Waals surface area contributed by atoms with Crippen LogP contribution in [0.15, 0.2) is 65.7 Å². The first-order chi connectivity index (χ1) is 16.6. The molecule has 0 bridgehead atoms. The molecule has 9 heteroatoms. The first kappa shape index (κ1) is 21.4. The fourth-order valence-corrected chi connectivity index (χ4v) is 4.19. The fourth-order valence-electron chi connectivity index (χ4n) is 4.19. The molecule has 5 rings (SSSR count). The van der Waals surface area contributed by atoms with Crippen LogP contribution < -0.4 is 26.8 Å². The molecule has 0 unspecified atom stereocenters. The number of carbonyl (C=O) groups is 1. The Balaban J connectivity index is 1.47. The van der Waals surface area contributed by atoms with E-state index < -0.39 is 5.91 Å². The molecule has 34 heavy (non-hydrogen) atoms. The van der Waals surface area contributed by atoms with Crippen molar-refractivity contribution in [2.75, 3.05) is 28.6 Å². The molecule has 3 heterocycles. The predicted molar refractivity (Wildman–Crippen MR) is 134 cm³/mol. The molecule has 0 radical (unpaired) electrons. The zero-order chi connectivity index (χ0) is 23.5. The molecule has 1 aliphatic rings. The van der Waals surface area contributed by atoms with Crippen molar-refractivity contribution in [1.29, 1.82) is 0 Å². The molecule has 1 saturated heterocycles. The summed E-state index contributed by atoms with van der Waals surface area (Å²) in [5.41, 5.74) is 8.62. The van der Waals surface area contributed by atoms with Gasteiger partial charge in [-0.15, -0.1) is 0 Å². The van der Waals surface area contributed by atoms with Gasteiger partial charge < -0.3 is 26.3 Å². The lowest BCUT2D eigenvalue weighted by Gasteiger charge is -2.28. The minimum Gasteiger partial charge on any atom is -0.372 e. The van der Waals surface area contributed by atoms with E-state index in [2.05, 4.69) is 42.6 Å². The van der Waals surface area contributed by atoms with Gasteiger partial charge in [-0.3, -0.25) is 9.59 Å². The smallest absolute Gasteiger partial charge is 0.262 e. The predicted octanol–water partition coefficient (Wildman–Crippen LogP) is 3.89. The number of rotatable bonds is 6. The highest BCUT2D eigenvalue weighted by Crippen LogP contribution is 2.27. The molecule has 172 valence electrons. The number of primary amides is 1. The molecule has 0 spiro atoms. The van der Waals surface area contributed by atoms with Gasteiger partial charge in [0.25, 0.3) is 5.56 Å². The van der Waals surface area contributed by atoms with Crippen molar-refractivity contribution in [1.82, 2.24) is 15.0 Å².